The zero-order valence-corrected chi connectivity index (χ0v) is 15.4. The first-order chi connectivity index (χ1) is 13.1. The maximum atomic E-state index is 12.6. The van der Waals surface area contributed by atoms with Crippen LogP contribution in [0.4, 0.5) is 5.69 Å². The number of rotatable bonds is 4. The van der Waals surface area contributed by atoms with E-state index >= 15 is 0 Å². The molecule has 2 aliphatic rings. The van der Waals surface area contributed by atoms with Crippen molar-refractivity contribution in [2.75, 3.05) is 18.4 Å². The zero-order valence-electron chi connectivity index (χ0n) is 15.4. The first-order valence-electron chi connectivity index (χ1n) is 9.64. The van der Waals surface area contributed by atoms with E-state index in [1.165, 1.54) is 12.8 Å². The third-order valence-electron chi connectivity index (χ3n) is 5.38. The molecule has 2 N–H and O–H groups in total. The molecule has 0 aromatic heterocycles. The van der Waals surface area contributed by atoms with E-state index in [-0.39, 0.29) is 11.8 Å². The van der Waals surface area contributed by atoms with Crippen molar-refractivity contribution in [3.05, 3.63) is 42.0 Å². The Morgan fingerprint density at radius 2 is 1.48 bits per heavy atom. The summed E-state index contributed by atoms with van der Waals surface area (Å²) in [6, 6.07) is 6.85. The van der Waals surface area contributed by atoms with Crippen molar-refractivity contribution in [1.82, 2.24) is 4.90 Å². The van der Waals surface area contributed by atoms with Gasteiger partial charge in [-0.05, 0) is 49.9 Å². The number of carboxylic acid groups (broad SMARTS) is 1. The van der Waals surface area contributed by atoms with Crippen molar-refractivity contribution in [3.8, 4) is 0 Å². The summed E-state index contributed by atoms with van der Waals surface area (Å²) < 4.78 is 0. The third-order valence-corrected chi connectivity index (χ3v) is 5.38. The molecule has 0 spiro atoms. The molecule has 6 heteroatoms. The number of hydrogen-bond donors (Lipinski definition) is 2. The van der Waals surface area contributed by atoms with E-state index in [0.717, 1.165) is 25.9 Å². The van der Waals surface area contributed by atoms with E-state index in [9.17, 15) is 19.5 Å². The van der Waals surface area contributed by atoms with Crippen molar-refractivity contribution in [3.63, 3.8) is 0 Å². The molecule has 1 aromatic rings. The van der Waals surface area contributed by atoms with Crippen molar-refractivity contribution < 1.29 is 19.5 Å². The lowest BCUT2D eigenvalue weighted by molar-refractivity contribution is -0.146. The van der Waals surface area contributed by atoms with Crippen LogP contribution in [-0.2, 0) is 9.59 Å². The Bertz CT molecular complexity index is 718. The molecule has 1 aliphatic carbocycles. The first kappa shape index (κ1) is 19.1. The molecule has 144 valence electrons. The van der Waals surface area contributed by atoms with Gasteiger partial charge in [0.2, 0.25) is 5.91 Å². The summed E-state index contributed by atoms with van der Waals surface area (Å²) >= 11 is 0. The molecule has 0 bridgehead atoms. The Labute approximate surface area is 159 Å². The van der Waals surface area contributed by atoms with Crippen molar-refractivity contribution in [2.24, 2.45) is 11.8 Å². The number of likely N-dealkylation sites (tertiary alicyclic amines) is 1. The number of aliphatic carboxylic acids is 1. The van der Waals surface area contributed by atoms with Crippen LogP contribution in [0.5, 0.6) is 0 Å². The molecule has 3 rings (SSSR count). The van der Waals surface area contributed by atoms with Gasteiger partial charge in [-0.15, -0.1) is 0 Å². The van der Waals surface area contributed by atoms with Gasteiger partial charge in [0.05, 0.1) is 11.8 Å². The number of amides is 2. The maximum Gasteiger partial charge on any atom is 0.307 e. The van der Waals surface area contributed by atoms with E-state index in [1.54, 1.807) is 24.3 Å². The number of benzene rings is 1. The maximum absolute atomic E-state index is 12.6. The highest BCUT2D eigenvalue weighted by Gasteiger charge is 2.33. The SMILES string of the molecule is O=C(O)C1CC=CCC1C(=O)Nc1ccc(C(=O)N2CCCCCC2)cc1. The zero-order chi connectivity index (χ0) is 19.2. The molecule has 1 aliphatic heterocycles. The number of carboxylic acids is 1. The van der Waals surface area contributed by atoms with E-state index in [1.807, 2.05) is 17.1 Å². The number of anilines is 1. The smallest absolute Gasteiger partial charge is 0.307 e. The monoisotopic (exact) mass is 370 g/mol. The predicted octanol–water partition coefficient (Wildman–Crippen LogP) is 3.31. The average molecular weight is 370 g/mol. The lowest BCUT2D eigenvalue weighted by Gasteiger charge is -2.24. The van der Waals surface area contributed by atoms with Gasteiger partial charge in [0.1, 0.15) is 0 Å². The number of nitrogens with zero attached hydrogens (tertiary/aromatic N) is 1. The molecular weight excluding hydrogens is 344 g/mol. The van der Waals surface area contributed by atoms with Gasteiger partial charge in [-0.3, -0.25) is 14.4 Å². The molecule has 2 atom stereocenters. The summed E-state index contributed by atoms with van der Waals surface area (Å²) in [5, 5.41) is 12.1. The van der Waals surface area contributed by atoms with E-state index in [0.29, 0.717) is 24.1 Å². The highest BCUT2D eigenvalue weighted by Crippen LogP contribution is 2.27. The van der Waals surface area contributed by atoms with Crippen LogP contribution in [0.25, 0.3) is 0 Å². The standard InChI is InChI=1S/C21H26N2O4/c24-19(17-7-3-4-8-18(17)21(26)27)22-16-11-9-15(10-12-16)20(25)23-13-5-1-2-6-14-23/h3-4,9-12,17-18H,1-2,5-8,13-14H2,(H,22,24)(H,26,27). The van der Waals surface area contributed by atoms with Gasteiger partial charge in [-0.25, -0.2) is 0 Å². The Balaban J connectivity index is 1.63. The minimum Gasteiger partial charge on any atom is -0.481 e. The van der Waals surface area contributed by atoms with E-state index in [2.05, 4.69) is 5.32 Å². The van der Waals surface area contributed by atoms with Crippen LogP contribution < -0.4 is 5.32 Å². The van der Waals surface area contributed by atoms with Gasteiger partial charge in [0, 0.05) is 24.3 Å². The fourth-order valence-corrected chi connectivity index (χ4v) is 3.76. The van der Waals surface area contributed by atoms with Crippen molar-refractivity contribution in [1.29, 1.82) is 0 Å². The largest absolute Gasteiger partial charge is 0.481 e. The quantitative estimate of drug-likeness (QED) is 0.796. The van der Waals surface area contributed by atoms with Crippen LogP contribution in [0.3, 0.4) is 0 Å². The lowest BCUT2D eigenvalue weighted by atomic mass is 9.82. The molecule has 27 heavy (non-hydrogen) atoms. The summed E-state index contributed by atoms with van der Waals surface area (Å²) in [6.45, 7) is 1.59. The fraction of sp³-hybridized carbons (Fsp3) is 0.476. The Kier molecular flexibility index (Phi) is 6.27. The first-order valence-corrected chi connectivity index (χ1v) is 9.64. The van der Waals surface area contributed by atoms with E-state index in [4.69, 9.17) is 0 Å². The summed E-state index contributed by atoms with van der Waals surface area (Å²) in [5.74, 6) is -2.49. The molecule has 1 heterocycles. The molecule has 6 nitrogen and oxygen atoms in total. The second-order valence-electron chi connectivity index (χ2n) is 7.27. The normalized spacial score (nSPS) is 22.7. The van der Waals surface area contributed by atoms with Gasteiger partial charge in [0.15, 0.2) is 0 Å². The predicted molar refractivity (Wildman–Crippen MR) is 102 cm³/mol. The Hall–Kier alpha value is -2.63. The third kappa shape index (κ3) is 4.76. The highest BCUT2D eigenvalue weighted by atomic mass is 16.4. The summed E-state index contributed by atoms with van der Waals surface area (Å²) in [6.07, 6.45) is 8.88. The Morgan fingerprint density at radius 3 is 2.07 bits per heavy atom. The number of allylic oxidation sites excluding steroid dienone is 2. The summed E-state index contributed by atoms with van der Waals surface area (Å²) in [7, 11) is 0. The minimum absolute atomic E-state index is 0.0261. The Morgan fingerprint density at radius 1 is 0.889 bits per heavy atom. The lowest BCUT2D eigenvalue weighted by Crippen LogP contribution is -2.34. The van der Waals surface area contributed by atoms with Crippen molar-refractivity contribution in [2.45, 2.75) is 38.5 Å². The topological polar surface area (TPSA) is 86.7 Å². The van der Waals surface area contributed by atoms with Gasteiger partial charge in [0.25, 0.3) is 5.91 Å². The number of nitrogens with one attached hydrogen (secondary N) is 1. The summed E-state index contributed by atoms with van der Waals surface area (Å²) in [5.41, 5.74) is 1.19. The van der Waals surface area contributed by atoms with Gasteiger partial charge < -0.3 is 15.3 Å². The summed E-state index contributed by atoms with van der Waals surface area (Å²) in [4.78, 5) is 38.4. The molecule has 1 aromatic carbocycles. The van der Waals surface area contributed by atoms with Crippen LogP contribution in [0.15, 0.2) is 36.4 Å². The molecule has 2 amide bonds. The van der Waals surface area contributed by atoms with Crippen LogP contribution >= 0.6 is 0 Å². The number of hydrogen-bond acceptors (Lipinski definition) is 3. The average Bonchev–Trinajstić information content (AvgIpc) is 2.97. The van der Waals surface area contributed by atoms with Gasteiger partial charge in [-0.1, -0.05) is 25.0 Å². The molecular formula is C21H26N2O4. The van der Waals surface area contributed by atoms with Crippen LogP contribution in [0.1, 0.15) is 48.9 Å². The number of carbonyl (C=O) groups excluding carboxylic acids is 2. The van der Waals surface area contributed by atoms with Crippen LogP contribution in [0, 0.1) is 11.8 Å². The number of carbonyl (C=O) groups is 3. The highest BCUT2D eigenvalue weighted by molar-refractivity contribution is 5.97. The molecule has 2 unspecified atom stereocenters. The molecule has 0 saturated carbocycles. The molecule has 0 radical (unpaired) electrons. The van der Waals surface area contributed by atoms with Crippen molar-refractivity contribution >= 4 is 23.5 Å². The molecule has 1 saturated heterocycles. The van der Waals surface area contributed by atoms with E-state index < -0.39 is 17.8 Å². The van der Waals surface area contributed by atoms with Crippen LogP contribution in [-0.4, -0.2) is 40.9 Å². The van der Waals surface area contributed by atoms with Gasteiger partial charge >= 0.3 is 5.97 Å². The second kappa shape index (κ2) is 8.84. The van der Waals surface area contributed by atoms with Gasteiger partial charge in [-0.2, -0.15) is 0 Å². The minimum atomic E-state index is -0.946. The molecule has 1 fully saturated rings. The fourth-order valence-electron chi connectivity index (χ4n) is 3.76. The second-order valence-corrected chi connectivity index (χ2v) is 7.27. The van der Waals surface area contributed by atoms with Crippen LogP contribution in [0.2, 0.25) is 0 Å².